The number of unbranched alkanes of at least 4 members (excludes halogenated alkanes) is 1. The van der Waals surface area contributed by atoms with Gasteiger partial charge in [0.25, 0.3) is 0 Å². The Morgan fingerprint density at radius 3 is 2.43 bits per heavy atom. The van der Waals surface area contributed by atoms with E-state index in [1.165, 1.54) is 4.90 Å². The van der Waals surface area contributed by atoms with E-state index in [0.717, 1.165) is 18.6 Å². The highest BCUT2D eigenvalue weighted by Gasteiger charge is 2.44. The van der Waals surface area contributed by atoms with Crippen molar-refractivity contribution in [1.29, 1.82) is 0 Å². The van der Waals surface area contributed by atoms with Crippen molar-refractivity contribution in [2.75, 3.05) is 12.3 Å². The molecular weight excluding hydrogens is 198 g/mol. The van der Waals surface area contributed by atoms with Crippen LogP contribution in [-0.4, -0.2) is 29.0 Å². The van der Waals surface area contributed by atoms with Crippen LogP contribution in [0.1, 0.15) is 33.1 Å². The fourth-order valence-corrected chi connectivity index (χ4v) is 1.86. The third-order valence-electron chi connectivity index (χ3n) is 2.51. The quantitative estimate of drug-likeness (QED) is 0.438. The van der Waals surface area contributed by atoms with E-state index in [1.54, 1.807) is 0 Å². The second-order valence-corrected chi connectivity index (χ2v) is 4.79. The molecule has 0 saturated carbocycles. The monoisotopic (exact) mass is 215 g/mol. The van der Waals surface area contributed by atoms with E-state index in [1.807, 2.05) is 13.8 Å². The maximum absolute atomic E-state index is 11.7. The number of carbonyl (C=O) groups excluding carboxylic acids is 2. The van der Waals surface area contributed by atoms with Gasteiger partial charge >= 0.3 is 0 Å². The normalized spacial score (nSPS) is 20.6. The Kier molecular flexibility index (Phi) is 3.59. The van der Waals surface area contributed by atoms with E-state index < -0.39 is 5.41 Å². The molecule has 0 bridgehead atoms. The summed E-state index contributed by atoms with van der Waals surface area (Å²) in [5, 5.41) is 0. The summed E-state index contributed by atoms with van der Waals surface area (Å²) in [6.45, 7) is 4.21. The summed E-state index contributed by atoms with van der Waals surface area (Å²) in [5.74, 6) is 0.750. The molecule has 1 saturated heterocycles. The molecule has 0 aromatic heterocycles. The van der Waals surface area contributed by atoms with Crippen molar-refractivity contribution in [3.05, 3.63) is 0 Å². The van der Waals surface area contributed by atoms with E-state index in [9.17, 15) is 9.59 Å². The summed E-state index contributed by atoms with van der Waals surface area (Å²) >= 11 is 4.09. The Morgan fingerprint density at radius 2 is 2.00 bits per heavy atom. The van der Waals surface area contributed by atoms with Crippen LogP contribution in [0.25, 0.3) is 0 Å². The van der Waals surface area contributed by atoms with Crippen LogP contribution in [0.15, 0.2) is 0 Å². The predicted molar refractivity (Wildman–Crippen MR) is 58.2 cm³/mol. The number of carbonyl (C=O) groups is 2. The van der Waals surface area contributed by atoms with Crippen LogP contribution in [0.2, 0.25) is 0 Å². The molecule has 0 spiro atoms. The van der Waals surface area contributed by atoms with Gasteiger partial charge in [-0.1, -0.05) is 13.8 Å². The molecule has 0 aromatic carbocycles. The van der Waals surface area contributed by atoms with Crippen molar-refractivity contribution >= 4 is 24.4 Å². The molecule has 4 heteroatoms. The van der Waals surface area contributed by atoms with Gasteiger partial charge in [-0.2, -0.15) is 12.6 Å². The number of amides is 2. The highest BCUT2D eigenvalue weighted by molar-refractivity contribution is 7.80. The summed E-state index contributed by atoms with van der Waals surface area (Å²) < 4.78 is 0. The number of likely N-dealkylation sites (tertiary alicyclic amines) is 1. The largest absolute Gasteiger partial charge is 0.282 e. The molecule has 0 radical (unpaired) electrons. The summed E-state index contributed by atoms with van der Waals surface area (Å²) in [6, 6.07) is 0. The van der Waals surface area contributed by atoms with Gasteiger partial charge in [-0.3, -0.25) is 14.5 Å². The summed E-state index contributed by atoms with van der Waals surface area (Å²) in [6.07, 6.45) is 2.16. The molecule has 3 nitrogen and oxygen atoms in total. The Bertz CT molecular complexity index is 251. The van der Waals surface area contributed by atoms with Crippen molar-refractivity contribution in [2.24, 2.45) is 5.41 Å². The molecule has 1 fully saturated rings. The van der Waals surface area contributed by atoms with Crippen molar-refractivity contribution in [2.45, 2.75) is 33.1 Å². The van der Waals surface area contributed by atoms with Crippen LogP contribution < -0.4 is 0 Å². The van der Waals surface area contributed by atoms with Gasteiger partial charge in [-0.15, -0.1) is 0 Å². The lowest BCUT2D eigenvalue weighted by Gasteiger charge is -2.17. The SMILES string of the molecule is CC1(C)CC(=O)N(CCCCS)C1=O. The second-order valence-electron chi connectivity index (χ2n) is 4.34. The van der Waals surface area contributed by atoms with Crippen LogP contribution in [0.5, 0.6) is 0 Å². The number of rotatable bonds is 4. The van der Waals surface area contributed by atoms with Crippen LogP contribution in [0.4, 0.5) is 0 Å². The van der Waals surface area contributed by atoms with Crippen molar-refractivity contribution < 1.29 is 9.59 Å². The molecule has 0 unspecified atom stereocenters. The maximum Gasteiger partial charge on any atom is 0.235 e. The highest BCUT2D eigenvalue weighted by atomic mass is 32.1. The van der Waals surface area contributed by atoms with Gasteiger partial charge in [0, 0.05) is 13.0 Å². The lowest BCUT2D eigenvalue weighted by Crippen LogP contribution is -2.33. The molecule has 0 aliphatic carbocycles. The molecule has 14 heavy (non-hydrogen) atoms. The number of hydrogen-bond acceptors (Lipinski definition) is 3. The van der Waals surface area contributed by atoms with E-state index in [0.29, 0.717) is 13.0 Å². The number of imide groups is 1. The molecule has 1 rings (SSSR count). The van der Waals surface area contributed by atoms with Gasteiger partial charge in [0.15, 0.2) is 0 Å². The van der Waals surface area contributed by atoms with E-state index in [4.69, 9.17) is 0 Å². The lowest BCUT2D eigenvalue weighted by molar-refractivity contribution is -0.140. The average molecular weight is 215 g/mol. The maximum atomic E-state index is 11.7. The Labute approximate surface area is 90.3 Å². The van der Waals surface area contributed by atoms with Gasteiger partial charge in [0.2, 0.25) is 11.8 Å². The molecule has 0 N–H and O–H groups in total. The smallest absolute Gasteiger partial charge is 0.235 e. The van der Waals surface area contributed by atoms with Crippen molar-refractivity contribution in [3.8, 4) is 0 Å². The lowest BCUT2D eigenvalue weighted by atomic mass is 9.92. The summed E-state index contributed by atoms with van der Waals surface area (Å²) in [7, 11) is 0. The van der Waals surface area contributed by atoms with E-state index in [2.05, 4.69) is 12.6 Å². The first-order chi connectivity index (χ1) is 6.49. The molecule has 2 amide bonds. The molecule has 80 valence electrons. The minimum atomic E-state index is -0.488. The topological polar surface area (TPSA) is 37.4 Å². The molecular formula is C10H17NO2S. The van der Waals surface area contributed by atoms with Crippen molar-refractivity contribution in [3.63, 3.8) is 0 Å². The zero-order chi connectivity index (χ0) is 10.8. The Balaban J connectivity index is 2.53. The third kappa shape index (κ3) is 2.29. The standard InChI is InChI=1S/C10H17NO2S/c1-10(2)7-8(12)11(9(10)13)5-3-4-6-14/h14H,3-7H2,1-2H3. The van der Waals surface area contributed by atoms with Crippen LogP contribution in [0.3, 0.4) is 0 Å². The zero-order valence-corrected chi connectivity index (χ0v) is 9.64. The van der Waals surface area contributed by atoms with E-state index >= 15 is 0 Å². The minimum Gasteiger partial charge on any atom is -0.282 e. The molecule has 0 atom stereocenters. The van der Waals surface area contributed by atoms with Crippen LogP contribution in [-0.2, 0) is 9.59 Å². The number of hydrogen-bond donors (Lipinski definition) is 1. The Hall–Kier alpha value is -0.510. The third-order valence-corrected chi connectivity index (χ3v) is 2.82. The predicted octanol–water partition coefficient (Wildman–Crippen LogP) is 1.48. The van der Waals surface area contributed by atoms with Gasteiger partial charge in [-0.05, 0) is 18.6 Å². The van der Waals surface area contributed by atoms with Gasteiger partial charge in [-0.25, -0.2) is 0 Å². The first-order valence-electron chi connectivity index (χ1n) is 4.95. The summed E-state index contributed by atoms with van der Waals surface area (Å²) in [4.78, 5) is 24.6. The first-order valence-corrected chi connectivity index (χ1v) is 5.58. The van der Waals surface area contributed by atoms with Crippen molar-refractivity contribution in [1.82, 2.24) is 4.90 Å². The molecule has 1 aliphatic rings. The van der Waals surface area contributed by atoms with Crippen LogP contribution >= 0.6 is 12.6 Å². The molecule has 0 aromatic rings. The molecule has 1 aliphatic heterocycles. The zero-order valence-electron chi connectivity index (χ0n) is 8.75. The Morgan fingerprint density at radius 1 is 1.36 bits per heavy atom. The van der Waals surface area contributed by atoms with Gasteiger partial charge in [0.1, 0.15) is 0 Å². The van der Waals surface area contributed by atoms with E-state index in [-0.39, 0.29) is 11.8 Å². The van der Waals surface area contributed by atoms with Gasteiger partial charge in [0.05, 0.1) is 5.41 Å². The van der Waals surface area contributed by atoms with Gasteiger partial charge < -0.3 is 0 Å². The first kappa shape index (κ1) is 11.6. The fraction of sp³-hybridized carbons (Fsp3) is 0.800. The second kappa shape index (κ2) is 4.34. The number of thiol groups is 1. The summed E-state index contributed by atoms with van der Waals surface area (Å²) in [5.41, 5.74) is -0.488. The fourth-order valence-electron chi connectivity index (χ4n) is 1.64. The molecule has 1 heterocycles. The minimum absolute atomic E-state index is 0.0262. The average Bonchev–Trinajstić information content (AvgIpc) is 2.27. The number of nitrogens with zero attached hydrogens (tertiary/aromatic N) is 1. The highest BCUT2D eigenvalue weighted by Crippen LogP contribution is 2.31. The van der Waals surface area contributed by atoms with Crippen LogP contribution in [0, 0.1) is 5.41 Å².